The highest BCUT2D eigenvalue weighted by atomic mass is 35.5. The fourth-order valence-electron chi connectivity index (χ4n) is 2.47. The Labute approximate surface area is 114 Å². The zero-order valence-corrected chi connectivity index (χ0v) is 11.9. The van der Waals surface area contributed by atoms with Crippen LogP contribution in [0.5, 0.6) is 0 Å². The van der Waals surface area contributed by atoms with Crippen LogP contribution in [0.2, 0.25) is 10.0 Å². The standard InChI is InChI=1S/C14H19Cl2N/c1-3-6-17-9-10-8-14(10,2)12-7-11(15)4-5-13(12)16/h4-5,7,10,17H,3,6,8-9H2,1-2H3. The Morgan fingerprint density at radius 1 is 1.41 bits per heavy atom. The summed E-state index contributed by atoms with van der Waals surface area (Å²) >= 11 is 12.3. The highest BCUT2D eigenvalue weighted by Gasteiger charge is 2.51. The first-order valence-electron chi connectivity index (χ1n) is 6.24. The molecule has 0 saturated heterocycles. The van der Waals surface area contributed by atoms with Crippen molar-refractivity contribution in [3.8, 4) is 0 Å². The van der Waals surface area contributed by atoms with E-state index < -0.39 is 0 Å². The van der Waals surface area contributed by atoms with Crippen molar-refractivity contribution in [2.75, 3.05) is 13.1 Å². The molecule has 1 aromatic carbocycles. The Kier molecular flexibility index (Phi) is 4.02. The van der Waals surface area contributed by atoms with Crippen LogP contribution in [-0.2, 0) is 5.41 Å². The Morgan fingerprint density at radius 2 is 2.18 bits per heavy atom. The molecular weight excluding hydrogens is 253 g/mol. The van der Waals surface area contributed by atoms with Gasteiger partial charge in [0.1, 0.15) is 0 Å². The van der Waals surface area contributed by atoms with E-state index in [2.05, 4.69) is 19.2 Å². The van der Waals surface area contributed by atoms with Gasteiger partial charge in [0.25, 0.3) is 0 Å². The van der Waals surface area contributed by atoms with E-state index in [-0.39, 0.29) is 5.41 Å². The summed E-state index contributed by atoms with van der Waals surface area (Å²) in [6.07, 6.45) is 2.38. The molecule has 1 aliphatic carbocycles. The number of halogens is 2. The Hall–Kier alpha value is -0.240. The fourth-order valence-corrected chi connectivity index (χ4v) is 2.97. The Morgan fingerprint density at radius 3 is 2.88 bits per heavy atom. The molecule has 2 rings (SSSR count). The first-order chi connectivity index (χ1) is 8.08. The van der Waals surface area contributed by atoms with Crippen LogP contribution in [0.4, 0.5) is 0 Å². The smallest absolute Gasteiger partial charge is 0.0444 e. The van der Waals surface area contributed by atoms with Crippen LogP contribution in [0.25, 0.3) is 0 Å². The van der Waals surface area contributed by atoms with Crippen molar-refractivity contribution < 1.29 is 0 Å². The molecule has 1 nitrogen and oxygen atoms in total. The molecule has 0 aromatic heterocycles. The van der Waals surface area contributed by atoms with Crippen LogP contribution in [0.1, 0.15) is 32.3 Å². The number of hydrogen-bond acceptors (Lipinski definition) is 1. The predicted molar refractivity (Wildman–Crippen MR) is 75.1 cm³/mol. The average molecular weight is 272 g/mol. The molecule has 2 unspecified atom stereocenters. The monoisotopic (exact) mass is 271 g/mol. The SMILES string of the molecule is CCCNCC1CC1(C)c1cc(Cl)ccc1Cl. The Bertz CT molecular complexity index is 405. The number of nitrogens with one attached hydrogen (secondary N) is 1. The van der Waals surface area contributed by atoms with E-state index in [0.29, 0.717) is 5.92 Å². The number of hydrogen-bond donors (Lipinski definition) is 1. The van der Waals surface area contributed by atoms with E-state index in [9.17, 15) is 0 Å². The molecule has 0 radical (unpaired) electrons. The molecule has 94 valence electrons. The maximum atomic E-state index is 6.27. The molecule has 17 heavy (non-hydrogen) atoms. The molecule has 0 bridgehead atoms. The lowest BCUT2D eigenvalue weighted by atomic mass is 9.95. The maximum Gasteiger partial charge on any atom is 0.0444 e. The van der Waals surface area contributed by atoms with Crippen molar-refractivity contribution in [1.82, 2.24) is 5.32 Å². The molecule has 0 spiro atoms. The summed E-state index contributed by atoms with van der Waals surface area (Å²) in [5.41, 5.74) is 1.41. The van der Waals surface area contributed by atoms with E-state index in [0.717, 1.165) is 23.1 Å². The quantitative estimate of drug-likeness (QED) is 0.789. The van der Waals surface area contributed by atoms with Gasteiger partial charge in [-0.25, -0.2) is 0 Å². The first-order valence-corrected chi connectivity index (χ1v) is 6.99. The van der Waals surface area contributed by atoms with Crippen molar-refractivity contribution >= 4 is 23.2 Å². The van der Waals surface area contributed by atoms with Gasteiger partial charge in [0.05, 0.1) is 0 Å². The van der Waals surface area contributed by atoms with Crippen molar-refractivity contribution in [1.29, 1.82) is 0 Å². The minimum absolute atomic E-state index is 0.211. The van der Waals surface area contributed by atoms with Crippen molar-refractivity contribution in [2.45, 2.75) is 32.1 Å². The molecule has 1 fully saturated rings. The topological polar surface area (TPSA) is 12.0 Å². The molecular formula is C14H19Cl2N. The van der Waals surface area contributed by atoms with Crippen LogP contribution in [-0.4, -0.2) is 13.1 Å². The number of benzene rings is 1. The first kappa shape index (κ1) is 13.2. The minimum atomic E-state index is 0.211. The van der Waals surface area contributed by atoms with E-state index in [1.54, 1.807) is 0 Å². The lowest BCUT2D eigenvalue weighted by molar-refractivity contribution is 0.575. The molecule has 3 heteroatoms. The van der Waals surface area contributed by atoms with Gasteiger partial charge >= 0.3 is 0 Å². The second-order valence-electron chi connectivity index (χ2n) is 5.15. The van der Waals surface area contributed by atoms with E-state index >= 15 is 0 Å². The number of rotatable bonds is 5. The van der Waals surface area contributed by atoms with Crippen LogP contribution in [0, 0.1) is 5.92 Å². The average Bonchev–Trinajstić information content (AvgIpc) is 2.95. The third-order valence-corrected chi connectivity index (χ3v) is 4.34. The van der Waals surface area contributed by atoms with Crippen LogP contribution < -0.4 is 5.32 Å². The largest absolute Gasteiger partial charge is 0.316 e. The predicted octanol–water partition coefficient (Wildman–Crippen LogP) is 4.27. The van der Waals surface area contributed by atoms with Crippen molar-refractivity contribution in [3.05, 3.63) is 33.8 Å². The summed E-state index contributed by atoms with van der Waals surface area (Å²) in [6.45, 7) is 6.64. The van der Waals surface area contributed by atoms with Crippen LogP contribution in [0.3, 0.4) is 0 Å². The van der Waals surface area contributed by atoms with E-state index in [1.807, 2.05) is 18.2 Å². The molecule has 1 saturated carbocycles. The van der Waals surface area contributed by atoms with Crippen molar-refractivity contribution in [3.63, 3.8) is 0 Å². The lowest BCUT2D eigenvalue weighted by Gasteiger charge is -2.14. The minimum Gasteiger partial charge on any atom is -0.316 e. The second kappa shape index (κ2) is 5.17. The van der Waals surface area contributed by atoms with Gasteiger partial charge in [-0.05, 0) is 61.0 Å². The van der Waals surface area contributed by atoms with E-state index in [4.69, 9.17) is 23.2 Å². The summed E-state index contributed by atoms with van der Waals surface area (Å²) in [4.78, 5) is 0. The molecule has 2 atom stereocenters. The summed E-state index contributed by atoms with van der Waals surface area (Å²) < 4.78 is 0. The summed E-state index contributed by atoms with van der Waals surface area (Å²) in [5, 5.41) is 5.10. The highest BCUT2D eigenvalue weighted by Crippen LogP contribution is 2.55. The van der Waals surface area contributed by atoms with Gasteiger partial charge in [-0.3, -0.25) is 0 Å². The molecule has 1 aliphatic rings. The zero-order chi connectivity index (χ0) is 12.5. The third kappa shape index (κ3) is 2.78. The van der Waals surface area contributed by atoms with E-state index in [1.165, 1.54) is 18.4 Å². The molecule has 1 aromatic rings. The van der Waals surface area contributed by atoms with Gasteiger partial charge in [0, 0.05) is 10.0 Å². The lowest BCUT2D eigenvalue weighted by Crippen LogP contribution is -2.21. The summed E-state index contributed by atoms with van der Waals surface area (Å²) in [6, 6.07) is 5.77. The van der Waals surface area contributed by atoms with Gasteiger partial charge in [-0.1, -0.05) is 37.0 Å². The van der Waals surface area contributed by atoms with Crippen LogP contribution >= 0.6 is 23.2 Å². The maximum absolute atomic E-state index is 6.27. The zero-order valence-electron chi connectivity index (χ0n) is 10.4. The van der Waals surface area contributed by atoms with Gasteiger partial charge in [0.15, 0.2) is 0 Å². The fraction of sp³-hybridized carbons (Fsp3) is 0.571. The van der Waals surface area contributed by atoms with Gasteiger partial charge in [-0.2, -0.15) is 0 Å². The van der Waals surface area contributed by atoms with Crippen molar-refractivity contribution in [2.24, 2.45) is 5.92 Å². The van der Waals surface area contributed by atoms with Crippen LogP contribution in [0.15, 0.2) is 18.2 Å². The van der Waals surface area contributed by atoms with Gasteiger partial charge in [0.2, 0.25) is 0 Å². The third-order valence-electron chi connectivity index (χ3n) is 3.77. The molecule has 0 amide bonds. The molecule has 0 aliphatic heterocycles. The molecule has 1 N–H and O–H groups in total. The Balaban J connectivity index is 2.05. The highest BCUT2D eigenvalue weighted by molar-refractivity contribution is 6.33. The van der Waals surface area contributed by atoms with Gasteiger partial charge < -0.3 is 5.32 Å². The summed E-state index contributed by atoms with van der Waals surface area (Å²) in [5.74, 6) is 0.685. The summed E-state index contributed by atoms with van der Waals surface area (Å²) in [7, 11) is 0. The second-order valence-corrected chi connectivity index (χ2v) is 5.99. The van der Waals surface area contributed by atoms with Gasteiger partial charge in [-0.15, -0.1) is 0 Å². The normalized spacial score (nSPS) is 27.2. The molecule has 0 heterocycles.